The maximum atomic E-state index is 12.4. The minimum Gasteiger partial charge on any atom is -0.349 e. The molecule has 24 heavy (non-hydrogen) atoms. The van der Waals surface area contributed by atoms with Gasteiger partial charge in [0.2, 0.25) is 15.9 Å². The van der Waals surface area contributed by atoms with Crippen molar-refractivity contribution in [2.24, 2.45) is 0 Å². The summed E-state index contributed by atoms with van der Waals surface area (Å²) >= 11 is 0. The molecule has 1 N–H and O–H groups in total. The lowest BCUT2D eigenvalue weighted by Crippen LogP contribution is -2.47. The third-order valence-electron chi connectivity index (χ3n) is 3.55. The number of nitrogens with zero attached hydrogens (tertiary/aromatic N) is 2. The molecule has 6 nitrogen and oxygen atoms in total. The first-order valence-corrected chi connectivity index (χ1v) is 9.37. The van der Waals surface area contributed by atoms with E-state index in [1.165, 1.54) is 0 Å². The second kappa shape index (κ2) is 7.44. The topological polar surface area (TPSA) is 79.4 Å². The molecule has 2 rings (SSSR count). The Balaban J connectivity index is 2.17. The molecule has 128 valence electrons. The lowest BCUT2D eigenvalue weighted by molar-refractivity contribution is -0.122. The summed E-state index contributed by atoms with van der Waals surface area (Å²) in [7, 11) is -3.60. The summed E-state index contributed by atoms with van der Waals surface area (Å²) in [6.45, 7) is 3.72. The molecule has 0 spiro atoms. The van der Waals surface area contributed by atoms with Gasteiger partial charge in [0.25, 0.3) is 0 Å². The fraction of sp³-hybridized carbons (Fsp3) is 0.294. The zero-order valence-corrected chi connectivity index (χ0v) is 14.7. The Labute approximate surface area is 142 Å². The van der Waals surface area contributed by atoms with Crippen LogP contribution in [0.25, 0.3) is 0 Å². The smallest absolute Gasteiger partial charge is 0.243 e. The molecule has 1 heterocycles. The highest BCUT2D eigenvalue weighted by atomic mass is 32.2. The Morgan fingerprint density at radius 2 is 1.88 bits per heavy atom. The Kier molecular flexibility index (Phi) is 5.56. The van der Waals surface area contributed by atoms with Crippen LogP contribution in [0.2, 0.25) is 0 Å². The number of rotatable bonds is 6. The average molecular weight is 347 g/mol. The molecule has 0 radical (unpaired) electrons. The number of sulfonamides is 1. The number of benzene rings is 1. The number of hydrogen-bond donors (Lipinski definition) is 1. The van der Waals surface area contributed by atoms with Gasteiger partial charge >= 0.3 is 0 Å². The lowest BCUT2D eigenvalue weighted by atomic mass is 10.2. The van der Waals surface area contributed by atoms with Gasteiger partial charge in [0.1, 0.15) is 6.04 Å². The number of carbonyl (C=O) groups excluding carboxylic acids is 1. The van der Waals surface area contributed by atoms with Gasteiger partial charge in [-0.25, -0.2) is 8.42 Å². The van der Waals surface area contributed by atoms with Gasteiger partial charge in [-0.1, -0.05) is 23.8 Å². The van der Waals surface area contributed by atoms with Gasteiger partial charge in [0.15, 0.2) is 0 Å². The van der Waals surface area contributed by atoms with Gasteiger partial charge < -0.3 is 5.32 Å². The van der Waals surface area contributed by atoms with Crippen LogP contribution in [0.3, 0.4) is 0 Å². The van der Waals surface area contributed by atoms with Crippen LogP contribution in [-0.2, 0) is 21.4 Å². The van der Waals surface area contributed by atoms with Crippen molar-refractivity contribution in [3.05, 3.63) is 59.9 Å². The first kappa shape index (κ1) is 17.9. The van der Waals surface area contributed by atoms with Crippen molar-refractivity contribution in [1.82, 2.24) is 10.3 Å². The summed E-state index contributed by atoms with van der Waals surface area (Å²) in [5.41, 5.74) is 2.18. The van der Waals surface area contributed by atoms with Crippen LogP contribution in [0.4, 0.5) is 5.69 Å². The molecule has 0 aliphatic rings. The van der Waals surface area contributed by atoms with Crippen molar-refractivity contribution in [2.45, 2.75) is 26.4 Å². The predicted octanol–water partition coefficient (Wildman–Crippen LogP) is 1.86. The summed E-state index contributed by atoms with van der Waals surface area (Å²) in [5.74, 6) is -0.383. The highest BCUT2D eigenvalue weighted by Gasteiger charge is 2.28. The van der Waals surface area contributed by atoms with Crippen LogP contribution >= 0.6 is 0 Å². The monoisotopic (exact) mass is 347 g/mol. The van der Waals surface area contributed by atoms with E-state index in [2.05, 4.69) is 10.3 Å². The molecule has 1 aromatic heterocycles. The van der Waals surface area contributed by atoms with Crippen molar-refractivity contribution in [3.63, 3.8) is 0 Å². The molecule has 0 bridgehead atoms. The highest BCUT2D eigenvalue weighted by molar-refractivity contribution is 7.92. The van der Waals surface area contributed by atoms with Crippen LogP contribution < -0.4 is 9.62 Å². The Bertz CT molecular complexity index is 790. The highest BCUT2D eigenvalue weighted by Crippen LogP contribution is 2.21. The quantitative estimate of drug-likeness (QED) is 0.865. The van der Waals surface area contributed by atoms with Crippen molar-refractivity contribution in [2.75, 3.05) is 10.6 Å². The zero-order chi connectivity index (χ0) is 17.7. The lowest BCUT2D eigenvalue weighted by Gasteiger charge is -2.28. The molecule has 1 aromatic carbocycles. The Hall–Kier alpha value is -2.41. The number of pyridine rings is 1. The minimum absolute atomic E-state index is 0.246. The minimum atomic E-state index is -3.60. The van der Waals surface area contributed by atoms with Crippen molar-refractivity contribution in [3.8, 4) is 0 Å². The second-order valence-corrected chi connectivity index (χ2v) is 7.47. The summed E-state index contributed by atoms with van der Waals surface area (Å²) in [6.07, 6.45) is 2.73. The standard InChI is InChI=1S/C17H21N3O3S/c1-13-7-9-16(10-8-13)20(24(3,22)23)14(2)17(21)19-12-15-6-4-5-11-18-15/h4-11,14H,12H2,1-3H3,(H,19,21)/t14-/m0/s1. The van der Waals surface area contributed by atoms with E-state index < -0.39 is 16.1 Å². The van der Waals surface area contributed by atoms with E-state index >= 15 is 0 Å². The summed E-state index contributed by atoms with van der Waals surface area (Å²) in [4.78, 5) is 16.5. The van der Waals surface area contributed by atoms with E-state index in [1.807, 2.05) is 25.1 Å². The van der Waals surface area contributed by atoms with Crippen LogP contribution in [0, 0.1) is 6.92 Å². The fourth-order valence-corrected chi connectivity index (χ4v) is 3.50. The van der Waals surface area contributed by atoms with E-state index in [-0.39, 0.29) is 12.5 Å². The van der Waals surface area contributed by atoms with Crippen LogP contribution in [-0.4, -0.2) is 31.6 Å². The molecule has 0 aliphatic carbocycles. The number of aryl methyl sites for hydroxylation is 1. The maximum Gasteiger partial charge on any atom is 0.243 e. The first-order chi connectivity index (χ1) is 11.3. The second-order valence-electron chi connectivity index (χ2n) is 5.61. The van der Waals surface area contributed by atoms with Gasteiger partial charge in [-0.15, -0.1) is 0 Å². The van der Waals surface area contributed by atoms with Crippen molar-refractivity contribution in [1.29, 1.82) is 0 Å². The average Bonchev–Trinajstić information content (AvgIpc) is 2.54. The molecule has 1 amide bonds. The van der Waals surface area contributed by atoms with Crippen LogP contribution in [0.5, 0.6) is 0 Å². The zero-order valence-electron chi connectivity index (χ0n) is 13.9. The van der Waals surface area contributed by atoms with E-state index in [4.69, 9.17) is 0 Å². The molecule has 0 saturated carbocycles. The summed E-state index contributed by atoms with van der Waals surface area (Å²) in [6, 6.07) is 11.5. The Morgan fingerprint density at radius 1 is 1.21 bits per heavy atom. The van der Waals surface area contributed by atoms with Gasteiger partial charge in [-0.3, -0.25) is 14.1 Å². The van der Waals surface area contributed by atoms with E-state index in [1.54, 1.807) is 37.4 Å². The first-order valence-electron chi connectivity index (χ1n) is 7.53. The molecule has 0 saturated heterocycles. The van der Waals surface area contributed by atoms with Crippen LogP contribution in [0.1, 0.15) is 18.2 Å². The van der Waals surface area contributed by atoms with Gasteiger partial charge in [0, 0.05) is 6.20 Å². The molecule has 7 heteroatoms. The number of hydrogen-bond acceptors (Lipinski definition) is 4. The largest absolute Gasteiger partial charge is 0.349 e. The summed E-state index contributed by atoms with van der Waals surface area (Å²) < 4.78 is 25.5. The maximum absolute atomic E-state index is 12.4. The number of nitrogens with one attached hydrogen (secondary N) is 1. The van der Waals surface area contributed by atoms with Crippen molar-refractivity contribution < 1.29 is 13.2 Å². The number of amides is 1. The SMILES string of the molecule is Cc1ccc(N([C@@H](C)C(=O)NCc2ccccn2)S(C)(=O)=O)cc1. The number of aromatic nitrogens is 1. The molecule has 2 aromatic rings. The van der Waals surface area contributed by atoms with E-state index in [0.717, 1.165) is 16.1 Å². The number of carbonyl (C=O) groups is 1. The Morgan fingerprint density at radius 3 is 2.42 bits per heavy atom. The van der Waals surface area contributed by atoms with E-state index in [0.29, 0.717) is 11.4 Å². The molecular formula is C17H21N3O3S. The van der Waals surface area contributed by atoms with Crippen LogP contribution in [0.15, 0.2) is 48.7 Å². The third-order valence-corrected chi connectivity index (χ3v) is 4.79. The number of anilines is 1. The predicted molar refractivity (Wildman–Crippen MR) is 94.0 cm³/mol. The molecule has 0 aliphatic heterocycles. The third kappa shape index (κ3) is 4.55. The van der Waals surface area contributed by atoms with Gasteiger partial charge in [-0.05, 0) is 38.1 Å². The molecular weight excluding hydrogens is 326 g/mol. The molecule has 1 atom stereocenters. The van der Waals surface area contributed by atoms with Gasteiger partial charge in [-0.2, -0.15) is 0 Å². The molecule has 0 fully saturated rings. The fourth-order valence-electron chi connectivity index (χ4n) is 2.33. The van der Waals surface area contributed by atoms with E-state index in [9.17, 15) is 13.2 Å². The summed E-state index contributed by atoms with van der Waals surface area (Å²) in [5, 5.41) is 2.72. The normalized spacial score (nSPS) is 12.5. The molecule has 0 unspecified atom stereocenters. The van der Waals surface area contributed by atoms with Gasteiger partial charge in [0.05, 0.1) is 24.2 Å². The van der Waals surface area contributed by atoms with Crippen molar-refractivity contribution >= 4 is 21.6 Å².